The molecular weight excluding hydrogens is 302 g/mol. The van der Waals surface area contributed by atoms with E-state index in [2.05, 4.69) is 12.2 Å². The van der Waals surface area contributed by atoms with E-state index < -0.39 is 0 Å². The molecule has 126 valence electrons. The molecule has 0 atom stereocenters. The molecule has 0 radical (unpaired) electrons. The van der Waals surface area contributed by atoms with Crippen molar-refractivity contribution >= 4 is 5.91 Å². The normalized spacial score (nSPS) is 15.4. The summed E-state index contributed by atoms with van der Waals surface area (Å²) in [4.78, 5) is 12.2. The Morgan fingerprint density at radius 2 is 1.79 bits per heavy atom. The van der Waals surface area contributed by atoms with Crippen LogP contribution in [0.5, 0.6) is 5.75 Å². The zero-order valence-corrected chi connectivity index (χ0v) is 14.2. The van der Waals surface area contributed by atoms with Crippen LogP contribution in [0.3, 0.4) is 0 Å². The largest absolute Gasteiger partial charge is 0.489 e. The molecule has 1 N–H and O–H groups in total. The van der Waals surface area contributed by atoms with Gasteiger partial charge in [-0.1, -0.05) is 36.8 Å². The summed E-state index contributed by atoms with van der Waals surface area (Å²) < 4.78 is 10.9. The van der Waals surface area contributed by atoms with Gasteiger partial charge in [0.15, 0.2) is 0 Å². The molecule has 1 aliphatic heterocycles. The second-order valence-corrected chi connectivity index (χ2v) is 6.78. The highest BCUT2D eigenvalue weighted by Gasteiger charge is 2.33. The van der Waals surface area contributed by atoms with Crippen LogP contribution >= 0.6 is 0 Å². The van der Waals surface area contributed by atoms with Crippen molar-refractivity contribution in [1.29, 1.82) is 0 Å². The van der Waals surface area contributed by atoms with Crippen molar-refractivity contribution in [1.82, 2.24) is 5.32 Å². The lowest BCUT2D eigenvalue weighted by Crippen LogP contribution is -2.48. The topological polar surface area (TPSA) is 47.6 Å². The van der Waals surface area contributed by atoms with Crippen LogP contribution < -0.4 is 10.1 Å². The summed E-state index contributed by atoms with van der Waals surface area (Å²) in [7, 11) is 0. The number of ether oxygens (including phenoxy) is 2. The Morgan fingerprint density at radius 1 is 1.12 bits per heavy atom. The SMILES string of the molecule is Cc1ccc(OCc2ccc(C(=O)NCC3(C)COC3)cc2)cc1. The van der Waals surface area contributed by atoms with Crippen LogP contribution in [-0.2, 0) is 11.3 Å². The molecule has 0 spiro atoms. The highest BCUT2D eigenvalue weighted by Crippen LogP contribution is 2.25. The first-order chi connectivity index (χ1) is 11.5. The minimum atomic E-state index is -0.0471. The molecule has 0 bridgehead atoms. The maximum Gasteiger partial charge on any atom is 0.251 e. The Hall–Kier alpha value is -2.33. The molecule has 1 saturated heterocycles. The number of rotatable bonds is 6. The average Bonchev–Trinajstić information content (AvgIpc) is 2.58. The number of amides is 1. The van der Waals surface area contributed by atoms with Gasteiger partial charge in [-0.15, -0.1) is 0 Å². The van der Waals surface area contributed by atoms with Crippen LogP contribution in [0.1, 0.15) is 28.4 Å². The molecule has 0 saturated carbocycles. The summed E-state index contributed by atoms with van der Waals surface area (Å²) in [5, 5.41) is 2.97. The molecule has 1 heterocycles. The van der Waals surface area contributed by atoms with Gasteiger partial charge in [0.2, 0.25) is 0 Å². The first-order valence-corrected chi connectivity index (χ1v) is 8.18. The molecule has 0 aromatic heterocycles. The monoisotopic (exact) mass is 325 g/mol. The van der Waals surface area contributed by atoms with Gasteiger partial charge in [0.1, 0.15) is 12.4 Å². The molecule has 0 aliphatic carbocycles. The summed E-state index contributed by atoms with van der Waals surface area (Å²) >= 11 is 0. The number of carbonyl (C=O) groups is 1. The van der Waals surface area contributed by atoms with Gasteiger partial charge in [-0.3, -0.25) is 4.79 Å². The second-order valence-electron chi connectivity index (χ2n) is 6.78. The lowest BCUT2D eigenvalue weighted by Gasteiger charge is -2.38. The molecule has 1 fully saturated rings. The van der Waals surface area contributed by atoms with E-state index in [4.69, 9.17) is 9.47 Å². The van der Waals surface area contributed by atoms with Crippen molar-refractivity contribution in [2.24, 2.45) is 5.41 Å². The predicted octanol–water partition coefficient (Wildman–Crippen LogP) is 3.34. The first kappa shape index (κ1) is 16.5. The fourth-order valence-electron chi connectivity index (χ4n) is 2.50. The van der Waals surface area contributed by atoms with E-state index in [9.17, 15) is 4.79 Å². The van der Waals surface area contributed by atoms with Crippen molar-refractivity contribution < 1.29 is 14.3 Å². The van der Waals surface area contributed by atoms with Gasteiger partial charge in [0, 0.05) is 17.5 Å². The molecule has 24 heavy (non-hydrogen) atoms. The third-order valence-corrected chi connectivity index (χ3v) is 4.22. The highest BCUT2D eigenvalue weighted by atomic mass is 16.5. The Balaban J connectivity index is 1.50. The number of nitrogens with one attached hydrogen (secondary N) is 1. The van der Waals surface area contributed by atoms with E-state index in [1.54, 1.807) is 0 Å². The van der Waals surface area contributed by atoms with Crippen molar-refractivity contribution in [3.05, 3.63) is 65.2 Å². The maximum absolute atomic E-state index is 12.2. The number of aryl methyl sites for hydroxylation is 1. The molecule has 1 amide bonds. The van der Waals surface area contributed by atoms with Gasteiger partial charge in [-0.2, -0.15) is 0 Å². The van der Waals surface area contributed by atoms with E-state index in [1.807, 2.05) is 55.5 Å². The summed E-state index contributed by atoms with van der Waals surface area (Å²) in [5.41, 5.74) is 2.99. The summed E-state index contributed by atoms with van der Waals surface area (Å²) in [5.74, 6) is 0.799. The fourth-order valence-corrected chi connectivity index (χ4v) is 2.50. The average molecular weight is 325 g/mol. The second kappa shape index (κ2) is 7.05. The molecule has 4 heteroatoms. The fraction of sp³-hybridized carbons (Fsp3) is 0.350. The van der Waals surface area contributed by atoms with Gasteiger partial charge in [-0.25, -0.2) is 0 Å². The standard InChI is InChI=1S/C20H23NO3/c1-15-3-9-18(10-4-15)24-11-16-5-7-17(8-6-16)19(22)21-12-20(2)13-23-14-20/h3-10H,11-14H2,1-2H3,(H,21,22). The van der Waals surface area contributed by atoms with Crippen LogP contribution in [0, 0.1) is 12.3 Å². The van der Waals surface area contributed by atoms with Gasteiger partial charge < -0.3 is 14.8 Å². The minimum Gasteiger partial charge on any atom is -0.489 e. The first-order valence-electron chi connectivity index (χ1n) is 8.18. The van der Waals surface area contributed by atoms with E-state index >= 15 is 0 Å². The van der Waals surface area contributed by atoms with Crippen LogP contribution in [-0.4, -0.2) is 25.7 Å². The van der Waals surface area contributed by atoms with Gasteiger partial charge in [0.25, 0.3) is 5.91 Å². The number of hydrogen-bond acceptors (Lipinski definition) is 3. The van der Waals surface area contributed by atoms with Crippen LogP contribution in [0.2, 0.25) is 0 Å². The van der Waals surface area contributed by atoms with Crippen LogP contribution in [0.4, 0.5) is 0 Å². The number of hydrogen-bond donors (Lipinski definition) is 1. The third kappa shape index (κ3) is 4.15. The molecule has 1 aliphatic rings. The van der Waals surface area contributed by atoms with Crippen LogP contribution in [0.25, 0.3) is 0 Å². The Labute approximate surface area is 142 Å². The van der Waals surface area contributed by atoms with E-state index in [-0.39, 0.29) is 11.3 Å². The van der Waals surface area contributed by atoms with E-state index in [1.165, 1.54) is 5.56 Å². The molecule has 0 unspecified atom stereocenters. The summed E-state index contributed by atoms with van der Waals surface area (Å²) in [6.07, 6.45) is 0. The van der Waals surface area contributed by atoms with E-state index in [0.29, 0.717) is 31.9 Å². The van der Waals surface area contributed by atoms with Crippen molar-refractivity contribution in [3.8, 4) is 5.75 Å². The molecule has 4 nitrogen and oxygen atoms in total. The van der Waals surface area contributed by atoms with Crippen molar-refractivity contribution in [3.63, 3.8) is 0 Å². The smallest absolute Gasteiger partial charge is 0.251 e. The zero-order chi connectivity index (χ0) is 17.0. The minimum absolute atomic E-state index is 0.0471. The van der Waals surface area contributed by atoms with Crippen molar-refractivity contribution in [2.45, 2.75) is 20.5 Å². The molecule has 2 aromatic carbocycles. The quantitative estimate of drug-likeness (QED) is 0.886. The number of benzene rings is 2. The molecular formula is C20H23NO3. The Kier molecular flexibility index (Phi) is 4.86. The summed E-state index contributed by atoms with van der Waals surface area (Å²) in [6, 6.07) is 15.5. The van der Waals surface area contributed by atoms with Gasteiger partial charge >= 0.3 is 0 Å². The molecule has 3 rings (SSSR count). The van der Waals surface area contributed by atoms with Crippen molar-refractivity contribution in [2.75, 3.05) is 19.8 Å². The van der Waals surface area contributed by atoms with Gasteiger partial charge in [0.05, 0.1) is 13.2 Å². The van der Waals surface area contributed by atoms with Gasteiger partial charge in [-0.05, 0) is 36.8 Å². The van der Waals surface area contributed by atoms with Crippen LogP contribution in [0.15, 0.2) is 48.5 Å². The lowest BCUT2D eigenvalue weighted by molar-refractivity contribution is -0.0978. The number of carbonyl (C=O) groups excluding carboxylic acids is 1. The maximum atomic E-state index is 12.2. The Morgan fingerprint density at radius 3 is 2.38 bits per heavy atom. The lowest BCUT2D eigenvalue weighted by atomic mass is 9.88. The highest BCUT2D eigenvalue weighted by molar-refractivity contribution is 5.94. The van der Waals surface area contributed by atoms with E-state index in [0.717, 1.165) is 11.3 Å². The third-order valence-electron chi connectivity index (χ3n) is 4.22. The summed E-state index contributed by atoms with van der Waals surface area (Å²) in [6.45, 7) is 6.71. The zero-order valence-electron chi connectivity index (χ0n) is 14.2. The Bertz CT molecular complexity index is 688. The predicted molar refractivity (Wildman–Crippen MR) is 93.2 cm³/mol. The molecule has 2 aromatic rings.